The lowest BCUT2D eigenvalue weighted by molar-refractivity contribution is -0.155. The van der Waals surface area contributed by atoms with Gasteiger partial charge >= 0.3 is 11.9 Å². The number of nitrogens with one attached hydrogen (secondary N) is 1. The van der Waals surface area contributed by atoms with Crippen molar-refractivity contribution in [3.63, 3.8) is 0 Å². The summed E-state index contributed by atoms with van der Waals surface area (Å²) in [6.07, 6.45) is 1.55. The number of benzene rings is 2. The number of carbonyl (C=O) groups excluding carboxylic acids is 3. The molecule has 4 rings (SSSR count). The molecular formula is C27H29NO6S. The van der Waals surface area contributed by atoms with E-state index in [0.29, 0.717) is 22.2 Å². The van der Waals surface area contributed by atoms with Crippen LogP contribution in [-0.2, 0) is 31.9 Å². The molecule has 1 aromatic heterocycles. The van der Waals surface area contributed by atoms with Crippen LogP contribution in [0.5, 0.6) is 5.75 Å². The summed E-state index contributed by atoms with van der Waals surface area (Å²) in [4.78, 5) is 38.8. The molecule has 35 heavy (non-hydrogen) atoms. The first-order chi connectivity index (χ1) is 16.9. The van der Waals surface area contributed by atoms with Gasteiger partial charge in [-0.05, 0) is 67.5 Å². The Morgan fingerprint density at radius 1 is 1.14 bits per heavy atom. The zero-order valence-electron chi connectivity index (χ0n) is 20.1. The standard InChI is InChI=1S/C27H29NO6S/c1-4-32-27(31)24-21-12-9-16(2)13-22(21)35-26(24)28-25(30)17(3)34-23(29)15-33-20-11-10-18-7-5-6-8-19(18)14-20/h5-8,10-11,14,16-17H,4,9,12-13,15H2,1-3H3,(H,28,30). The Hall–Kier alpha value is -3.39. The maximum Gasteiger partial charge on any atom is 0.344 e. The molecule has 0 saturated carbocycles. The molecule has 1 aliphatic carbocycles. The van der Waals surface area contributed by atoms with Gasteiger partial charge in [-0.15, -0.1) is 11.3 Å². The first-order valence-electron chi connectivity index (χ1n) is 11.8. The van der Waals surface area contributed by atoms with Crippen LogP contribution < -0.4 is 10.1 Å². The average Bonchev–Trinajstić information content (AvgIpc) is 3.19. The van der Waals surface area contributed by atoms with Crippen LogP contribution in [0.25, 0.3) is 10.8 Å². The Morgan fingerprint density at radius 2 is 1.91 bits per heavy atom. The minimum absolute atomic E-state index is 0.248. The Morgan fingerprint density at radius 3 is 2.69 bits per heavy atom. The molecule has 1 heterocycles. The van der Waals surface area contributed by atoms with E-state index in [4.69, 9.17) is 14.2 Å². The van der Waals surface area contributed by atoms with Crippen LogP contribution in [-0.4, -0.2) is 37.2 Å². The van der Waals surface area contributed by atoms with E-state index in [0.717, 1.165) is 40.5 Å². The molecule has 2 unspecified atom stereocenters. The van der Waals surface area contributed by atoms with E-state index >= 15 is 0 Å². The molecule has 3 aromatic rings. The van der Waals surface area contributed by atoms with Gasteiger partial charge in [0.15, 0.2) is 12.7 Å². The average molecular weight is 496 g/mol. The SMILES string of the molecule is CCOC(=O)c1c(NC(=O)C(C)OC(=O)COc2ccc3ccccc3c2)sc2c1CCC(C)C2. The Balaban J connectivity index is 1.37. The summed E-state index contributed by atoms with van der Waals surface area (Å²) in [5.74, 6) is -0.562. The van der Waals surface area contributed by atoms with Crippen molar-refractivity contribution < 1.29 is 28.6 Å². The van der Waals surface area contributed by atoms with Crippen LogP contribution >= 0.6 is 11.3 Å². The maximum atomic E-state index is 12.8. The second-order valence-corrected chi connectivity index (χ2v) is 9.80. The summed E-state index contributed by atoms with van der Waals surface area (Å²) in [5, 5.41) is 5.29. The van der Waals surface area contributed by atoms with Crippen molar-refractivity contribution >= 4 is 45.0 Å². The van der Waals surface area contributed by atoms with E-state index in [9.17, 15) is 14.4 Å². The molecule has 1 aliphatic rings. The lowest BCUT2D eigenvalue weighted by Gasteiger charge is -2.18. The zero-order valence-corrected chi connectivity index (χ0v) is 20.9. The number of carbonyl (C=O) groups is 3. The van der Waals surface area contributed by atoms with Gasteiger partial charge in [-0.3, -0.25) is 4.79 Å². The lowest BCUT2D eigenvalue weighted by atomic mass is 9.88. The number of fused-ring (bicyclic) bond motifs is 2. The van der Waals surface area contributed by atoms with Gasteiger partial charge in [0.25, 0.3) is 5.91 Å². The molecule has 0 spiro atoms. The molecule has 184 valence electrons. The van der Waals surface area contributed by atoms with Crippen molar-refractivity contribution in [2.45, 2.75) is 46.1 Å². The fourth-order valence-corrected chi connectivity index (χ4v) is 5.56. The van der Waals surface area contributed by atoms with Gasteiger partial charge in [-0.2, -0.15) is 0 Å². The monoisotopic (exact) mass is 495 g/mol. The number of amides is 1. The maximum absolute atomic E-state index is 12.8. The van der Waals surface area contributed by atoms with E-state index in [1.165, 1.54) is 18.3 Å². The summed E-state index contributed by atoms with van der Waals surface area (Å²) in [6, 6.07) is 13.4. The second-order valence-electron chi connectivity index (χ2n) is 8.70. The number of anilines is 1. The van der Waals surface area contributed by atoms with Crippen LogP contribution in [0.2, 0.25) is 0 Å². The number of rotatable bonds is 8. The quantitative estimate of drug-likeness (QED) is 0.435. The van der Waals surface area contributed by atoms with Crippen LogP contribution in [0.3, 0.4) is 0 Å². The van der Waals surface area contributed by atoms with Gasteiger partial charge in [-0.1, -0.05) is 37.3 Å². The predicted molar refractivity (Wildman–Crippen MR) is 135 cm³/mol. The highest BCUT2D eigenvalue weighted by atomic mass is 32.1. The van der Waals surface area contributed by atoms with E-state index in [1.807, 2.05) is 36.4 Å². The lowest BCUT2D eigenvalue weighted by Crippen LogP contribution is -2.32. The zero-order chi connectivity index (χ0) is 24.9. The van der Waals surface area contributed by atoms with Crippen LogP contribution in [0.4, 0.5) is 5.00 Å². The Kier molecular flexibility index (Phi) is 7.70. The summed E-state index contributed by atoms with van der Waals surface area (Å²) in [5.41, 5.74) is 1.38. The first-order valence-corrected chi connectivity index (χ1v) is 12.6. The minimum atomic E-state index is -1.06. The first kappa shape index (κ1) is 24.7. The molecule has 0 saturated heterocycles. The molecule has 8 heteroatoms. The van der Waals surface area contributed by atoms with Gasteiger partial charge in [0.2, 0.25) is 0 Å². The molecule has 0 fully saturated rings. The summed E-state index contributed by atoms with van der Waals surface area (Å²) < 4.78 is 16.1. The van der Waals surface area contributed by atoms with Gasteiger partial charge in [0.05, 0.1) is 12.2 Å². The Bertz CT molecular complexity index is 1250. The molecule has 1 N–H and O–H groups in total. The molecule has 0 radical (unpaired) electrons. The number of hydrogen-bond donors (Lipinski definition) is 1. The van der Waals surface area contributed by atoms with Crippen LogP contribution in [0.15, 0.2) is 42.5 Å². The molecule has 2 aromatic carbocycles. The predicted octanol–water partition coefficient (Wildman–Crippen LogP) is 5.15. The smallest absolute Gasteiger partial charge is 0.344 e. The number of hydrogen-bond acceptors (Lipinski definition) is 7. The van der Waals surface area contributed by atoms with Gasteiger partial charge in [0, 0.05) is 4.88 Å². The molecule has 0 aliphatic heterocycles. The number of thiophene rings is 1. The highest BCUT2D eigenvalue weighted by molar-refractivity contribution is 7.17. The fourth-order valence-electron chi connectivity index (χ4n) is 4.16. The third-order valence-electron chi connectivity index (χ3n) is 5.98. The van der Waals surface area contributed by atoms with Crippen molar-refractivity contribution in [3.05, 3.63) is 58.5 Å². The van der Waals surface area contributed by atoms with Crippen molar-refractivity contribution in [1.82, 2.24) is 0 Å². The largest absolute Gasteiger partial charge is 0.482 e. The van der Waals surface area contributed by atoms with Crippen molar-refractivity contribution in [2.24, 2.45) is 5.92 Å². The molecule has 0 bridgehead atoms. The highest BCUT2D eigenvalue weighted by Crippen LogP contribution is 2.40. The van der Waals surface area contributed by atoms with Gasteiger partial charge in [-0.25, -0.2) is 9.59 Å². The van der Waals surface area contributed by atoms with Gasteiger partial charge in [0.1, 0.15) is 10.8 Å². The molecule has 1 amide bonds. The van der Waals surface area contributed by atoms with E-state index < -0.39 is 23.9 Å². The number of esters is 2. The molecular weight excluding hydrogens is 466 g/mol. The second kappa shape index (κ2) is 10.9. The van der Waals surface area contributed by atoms with Crippen molar-refractivity contribution in [3.8, 4) is 5.75 Å². The topological polar surface area (TPSA) is 90.9 Å². The van der Waals surface area contributed by atoms with E-state index in [2.05, 4.69) is 12.2 Å². The summed E-state index contributed by atoms with van der Waals surface area (Å²) in [7, 11) is 0. The highest BCUT2D eigenvalue weighted by Gasteiger charge is 2.30. The fraction of sp³-hybridized carbons (Fsp3) is 0.370. The minimum Gasteiger partial charge on any atom is -0.482 e. The third kappa shape index (κ3) is 5.82. The van der Waals surface area contributed by atoms with Crippen LogP contribution in [0, 0.1) is 5.92 Å². The third-order valence-corrected chi connectivity index (χ3v) is 7.15. The Labute approximate surface area is 208 Å². The number of ether oxygens (including phenoxy) is 3. The molecule has 2 atom stereocenters. The van der Waals surface area contributed by atoms with Gasteiger partial charge < -0.3 is 19.5 Å². The normalized spacial score (nSPS) is 15.7. The summed E-state index contributed by atoms with van der Waals surface area (Å²) >= 11 is 1.39. The van der Waals surface area contributed by atoms with Crippen molar-refractivity contribution in [2.75, 3.05) is 18.5 Å². The van der Waals surface area contributed by atoms with E-state index in [1.54, 1.807) is 13.0 Å². The van der Waals surface area contributed by atoms with Crippen LogP contribution in [0.1, 0.15) is 48.0 Å². The summed E-state index contributed by atoms with van der Waals surface area (Å²) in [6.45, 7) is 5.33. The molecule has 7 nitrogen and oxygen atoms in total. The van der Waals surface area contributed by atoms with E-state index in [-0.39, 0.29) is 13.2 Å². The van der Waals surface area contributed by atoms with Crippen molar-refractivity contribution in [1.29, 1.82) is 0 Å².